The fourth-order valence-electron chi connectivity index (χ4n) is 1.47. The third-order valence-corrected chi connectivity index (χ3v) is 2.92. The molecule has 0 unspecified atom stereocenters. The van der Waals surface area contributed by atoms with Gasteiger partial charge in [-0.25, -0.2) is 14.7 Å². The molecule has 0 fully saturated rings. The molecule has 0 spiro atoms. The maximum absolute atomic E-state index is 13.8. The summed E-state index contributed by atoms with van der Waals surface area (Å²) < 4.78 is 50.3. The zero-order valence-corrected chi connectivity index (χ0v) is 11.4. The number of thioether (sulfide) groups is 1. The molecular formula is C11H12F4N2O2S. The molecule has 1 N–H and O–H groups in total. The van der Waals surface area contributed by atoms with E-state index in [0.717, 1.165) is 23.1 Å². The van der Waals surface area contributed by atoms with Crippen LogP contribution in [0.5, 0.6) is 0 Å². The molecule has 20 heavy (non-hydrogen) atoms. The highest BCUT2D eigenvalue weighted by Gasteiger charge is 2.30. The van der Waals surface area contributed by atoms with Gasteiger partial charge in [-0.05, 0) is 36.9 Å². The van der Waals surface area contributed by atoms with Crippen molar-refractivity contribution in [3.8, 4) is 0 Å². The second kappa shape index (κ2) is 6.80. The molecule has 1 aromatic carbocycles. The highest BCUT2D eigenvalue weighted by atomic mass is 32.2. The molecular weight excluding hydrogens is 300 g/mol. The van der Waals surface area contributed by atoms with Gasteiger partial charge in [0.2, 0.25) is 0 Å². The number of nitrogens with zero attached hydrogens (tertiary/aromatic N) is 1. The Balaban J connectivity index is 2.99. The van der Waals surface area contributed by atoms with Crippen molar-refractivity contribution in [2.75, 3.05) is 18.6 Å². The van der Waals surface area contributed by atoms with Crippen molar-refractivity contribution >= 4 is 23.5 Å². The largest absolute Gasteiger partial charge is 0.446 e. The van der Waals surface area contributed by atoms with Crippen LogP contribution in [0.15, 0.2) is 23.1 Å². The lowest BCUT2D eigenvalue weighted by Gasteiger charge is -2.21. The van der Waals surface area contributed by atoms with E-state index in [-0.39, 0.29) is 17.1 Å². The molecule has 0 heterocycles. The highest BCUT2D eigenvalue weighted by Crippen LogP contribution is 2.38. The Hall–Kier alpha value is -1.48. The minimum atomic E-state index is -4.49. The van der Waals surface area contributed by atoms with Crippen molar-refractivity contribution in [1.82, 2.24) is 5.48 Å². The highest BCUT2D eigenvalue weighted by molar-refractivity contribution is 8.00. The van der Waals surface area contributed by atoms with Crippen LogP contribution in [0.4, 0.5) is 28.0 Å². The predicted octanol–water partition coefficient (Wildman–Crippen LogP) is 3.53. The van der Waals surface area contributed by atoms with Gasteiger partial charge in [0.1, 0.15) is 5.82 Å². The van der Waals surface area contributed by atoms with Crippen LogP contribution in [0.2, 0.25) is 0 Å². The first-order chi connectivity index (χ1) is 9.28. The Morgan fingerprint density at radius 2 is 2.10 bits per heavy atom. The summed E-state index contributed by atoms with van der Waals surface area (Å²) >= 11 is -0.422. The van der Waals surface area contributed by atoms with Crippen molar-refractivity contribution in [2.24, 2.45) is 0 Å². The summed E-state index contributed by atoms with van der Waals surface area (Å²) in [6.07, 6.45) is 0. The second-order valence-corrected chi connectivity index (χ2v) is 4.66. The van der Waals surface area contributed by atoms with Gasteiger partial charge in [-0.15, -0.1) is 0 Å². The molecule has 2 amide bonds. The number of alkyl halides is 3. The molecule has 0 aliphatic heterocycles. The first-order valence-corrected chi connectivity index (χ1v) is 6.26. The van der Waals surface area contributed by atoms with Crippen LogP contribution in [0.3, 0.4) is 0 Å². The number of urea groups is 1. The topological polar surface area (TPSA) is 41.6 Å². The number of carbonyl (C=O) groups is 1. The van der Waals surface area contributed by atoms with Crippen molar-refractivity contribution in [3.05, 3.63) is 24.0 Å². The Kier molecular flexibility index (Phi) is 5.63. The first kappa shape index (κ1) is 16.6. The fourth-order valence-corrected chi connectivity index (χ4v) is 2.04. The monoisotopic (exact) mass is 312 g/mol. The Morgan fingerprint density at radius 3 is 2.55 bits per heavy atom. The number of halogens is 4. The van der Waals surface area contributed by atoms with Crippen molar-refractivity contribution < 1.29 is 27.2 Å². The number of amides is 2. The number of rotatable bonds is 4. The van der Waals surface area contributed by atoms with E-state index in [1.807, 2.05) is 5.48 Å². The van der Waals surface area contributed by atoms with E-state index in [2.05, 4.69) is 4.84 Å². The van der Waals surface area contributed by atoms with E-state index in [0.29, 0.717) is 0 Å². The van der Waals surface area contributed by atoms with Gasteiger partial charge in [0, 0.05) is 11.4 Å². The van der Waals surface area contributed by atoms with Crippen LogP contribution in [-0.2, 0) is 4.84 Å². The molecule has 4 nitrogen and oxygen atoms in total. The molecule has 1 rings (SSSR count). The Bertz CT molecular complexity index is 482. The third kappa shape index (κ3) is 4.57. The van der Waals surface area contributed by atoms with Crippen molar-refractivity contribution in [2.45, 2.75) is 17.3 Å². The molecule has 0 saturated heterocycles. The number of carbonyl (C=O) groups excluding carboxylic acids is 1. The smallest absolute Gasteiger partial charge is 0.290 e. The van der Waals surface area contributed by atoms with Crippen LogP contribution in [0.25, 0.3) is 0 Å². The standard InChI is InChI=1S/C11H12F4N2O2S/c1-3-17(10(18)16-19-2)9-5-4-7(6-8(9)12)20-11(13,14)15/h4-6H,3H2,1-2H3,(H,16,18). The van der Waals surface area contributed by atoms with Crippen molar-refractivity contribution in [1.29, 1.82) is 0 Å². The van der Waals surface area contributed by atoms with Gasteiger partial charge >= 0.3 is 11.5 Å². The van der Waals surface area contributed by atoms with Gasteiger partial charge in [-0.2, -0.15) is 13.2 Å². The van der Waals surface area contributed by atoms with Crippen LogP contribution >= 0.6 is 11.8 Å². The number of benzene rings is 1. The van der Waals surface area contributed by atoms with E-state index in [4.69, 9.17) is 0 Å². The van der Waals surface area contributed by atoms with Gasteiger partial charge < -0.3 is 0 Å². The molecule has 0 aliphatic rings. The number of hydrogen-bond donors (Lipinski definition) is 1. The summed E-state index contributed by atoms with van der Waals surface area (Å²) in [4.78, 5) is 16.7. The van der Waals surface area contributed by atoms with Crippen LogP contribution in [0, 0.1) is 5.82 Å². The number of hydrogen-bond acceptors (Lipinski definition) is 3. The molecule has 0 bridgehead atoms. The summed E-state index contributed by atoms with van der Waals surface area (Å²) in [6.45, 7) is 1.71. The molecule has 0 atom stereocenters. The van der Waals surface area contributed by atoms with Crippen LogP contribution in [-0.4, -0.2) is 25.2 Å². The van der Waals surface area contributed by atoms with Crippen molar-refractivity contribution in [3.63, 3.8) is 0 Å². The lowest BCUT2D eigenvalue weighted by Crippen LogP contribution is -2.39. The normalized spacial score (nSPS) is 11.3. The third-order valence-electron chi connectivity index (χ3n) is 2.19. The number of anilines is 1. The van der Waals surface area contributed by atoms with Gasteiger partial charge in [0.05, 0.1) is 12.8 Å². The molecule has 0 aromatic heterocycles. The fraction of sp³-hybridized carbons (Fsp3) is 0.364. The molecule has 0 aliphatic carbocycles. The van der Waals surface area contributed by atoms with Gasteiger partial charge in [-0.3, -0.25) is 9.74 Å². The second-order valence-electron chi connectivity index (χ2n) is 3.52. The zero-order chi connectivity index (χ0) is 15.3. The Morgan fingerprint density at radius 1 is 1.45 bits per heavy atom. The van der Waals surface area contributed by atoms with E-state index < -0.39 is 29.1 Å². The zero-order valence-electron chi connectivity index (χ0n) is 10.6. The molecule has 0 radical (unpaired) electrons. The molecule has 1 aromatic rings. The van der Waals surface area contributed by atoms with E-state index in [1.165, 1.54) is 7.11 Å². The van der Waals surface area contributed by atoms with Gasteiger partial charge in [-0.1, -0.05) is 0 Å². The summed E-state index contributed by atoms with van der Waals surface area (Å²) in [7, 11) is 1.21. The summed E-state index contributed by atoms with van der Waals surface area (Å²) in [6, 6.07) is 2.22. The SMILES string of the molecule is CCN(C(=O)NOC)c1ccc(SC(F)(F)F)cc1F. The maximum Gasteiger partial charge on any atom is 0.446 e. The summed E-state index contributed by atoms with van der Waals surface area (Å²) in [5.41, 5.74) is -2.61. The predicted molar refractivity (Wildman–Crippen MR) is 66.9 cm³/mol. The van der Waals surface area contributed by atoms with Gasteiger partial charge in [0.25, 0.3) is 0 Å². The summed E-state index contributed by atoms with van der Waals surface area (Å²) in [5.74, 6) is -0.924. The average Bonchev–Trinajstić information content (AvgIpc) is 2.31. The number of hydroxylamine groups is 1. The van der Waals surface area contributed by atoms with Crippen LogP contribution in [0.1, 0.15) is 6.92 Å². The maximum atomic E-state index is 13.8. The van der Waals surface area contributed by atoms with Crippen LogP contribution < -0.4 is 10.4 Å². The Labute approximate surface area is 117 Å². The lowest BCUT2D eigenvalue weighted by atomic mass is 10.3. The lowest BCUT2D eigenvalue weighted by molar-refractivity contribution is -0.0328. The molecule has 0 saturated carbocycles. The molecule has 112 valence electrons. The quantitative estimate of drug-likeness (QED) is 0.525. The average molecular weight is 312 g/mol. The number of nitrogens with one attached hydrogen (secondary N) is 1. The molecule has 9 heteroatoms. The van der Waals surface area contributed by atoms with E-state index >= 15 is 0 Å². The van der Waals surface area contributed by atoms with E-state index in [9.17, 15) is 22.4 Å². The summed E-state index contributed by atoms with van der Waals surface area (Å²) in [5, 5.41) is 0. The minimum Gasteiger partial charge on any atom is -0.290 e. The van der Waals surface area contributed by atoms with E-state index in [1.54, 1.807) is 6.92 Å². The minimum absolute atomic E-state index is 0.123. The first-order valence-electron chi connectivity index (χ1n) is 5.44. The van der Waals surface area contributed by atoms with Gasteiger partial charge in [0.15, 0.2) is 0 Å².